The fourth-order valence-corrected chi connectivity index (χ4v) is 0.346. The molecule has 0 unspecified atom stereocenters. The van der Waals surface area contributed by atoms with Gasteiger partial charge in [-0.1, -0.05) is 0 Å². The highest BCUT2D eigenvalue weighted by molar-refractivity contribution is 5.96. The zero-order valence-corrected chi connectivity index (χ0v) is 7.27. The Hall–Kier alpha value is -0.810. The molecule has 11 heavy (non-hydrogen) atoms. The number of nitrogens with two attached hydrogens (primary N) is 1. The Morgan fingerprint density at radius 3 is 2.18 bits per heavy atom. The molecule has 0 fully saturated rings. The topological polar surface area (TPSA) is 75.4 Å². The van der Waals surface area contributed by atoms with Crippen LogP contribution in [-0.4, -0.2) is 30.8 Å². The van der Waals surface area contributed by atoms with E-state index in [1.807, 2.05) is 5.43 Å². The Morgan fingerprint density at radius 1 is 1.45 bits per heavy atom. The van der Waals surface area contributed by atoms with Gasteiger partial charge in [0.25, 0.3) is 0 Å². The summed E-state index contributed by atoms with van der Waals surface area (Å²) in [4.78, 5) is 22.5. The molecule has 0 spiro atoms. The summed E-state index contributed by atoms with van der Waals surface area (Å²) in [7, 11) is 3.15. The van der Waals surface area contributed by atoms with Crippen LogP contribution in [0.1, 0.15) is 6.42 Å². The fourth-order valence-electron chi connectivity index (χ4n) is 0.346. The fraction of sp³-hybridized carbons (Fsp3) is 0.600. The second-order valence-corrected chi connectivity index (χ2v) is 2.03. The third-order valence-corrected chi connectivity index (χ3v) is 0.972. The maximum Gasteiger partial charge on any atom is 0.243 e. The van der Waals surface area contributed by atoms with E-state index in [0.717, 1.165) is 0 Å². The molecule has 0 aromatic rings. The van der Waals surface area contributed by atoms with Crippen molar-refractivity contribution in [3.8, 4) is 0 Å². The number of hydrogen-bond acceptors (Lipinski definition) is 3. The summed E-state index contributed by atoms with van der Waals surface area (Å²) in [6.07, 6.45) is -0.191. The standard InChI is InChI=1S/C5H11N3O2.ClH/c1-8(2)5(10)3-4(9)7-6;/h3,6H2,1-2H3,(H,7,9);1H. The number of hydrazine groups is 1. The minimum Gasteiger partial charge on any atom is -0.348 e. The molecule has 3 N–H and O–H groups in total. The highest BCUT2D eigenvalue weighted by Gasteiger charge is 2.08. The van der Waals surface area contributed by atoms with Crippen molar-refractivity contribution in [2.75, 3.05) is 14.1 Å². The Balaban J connectivity index is 0. The summed E-state index contributed by atoms with van der Waals surface area (Å²) in [5, 5.41) is 0. The van der Waals surface area contributed by atoms with Gasteiger partial charge in [0.05, 0.1) is 0 Å². The second kappa shape index (κ2) is 5.94. The number of rotatable bonds is 2. The van der Waals surface area contributed by atoms with Crippen molar-refractivity contribution in [2.45, 2.75) is 6.42 Å². The van der Waals surface area contributed by atoms with Gasteiger partial charge in [0.15, 0.2) is 0 Å². The highest BCUT2D eigenvalue weighted by atomic mass is 35.5. The van der Waals surface area contributed by atoms with Crippen molar-refractivity contribution in [1.82, 2.24) is 10.3 Å². The van der Waals surface area contributed by atoms with Crippen LogP contribution in [-0.2, 0) is 9.59 Å². The maximum absolute atomic E-state index is 10.7. The van der Waals surface area contributed by atoms with Crippen LogP contribution in [0.15, 0.2) is 0 Å². The van der Waals surface area contributed by atoms with Crippen LogP contribution in [0.25, 0.3) is 0 Å². The van der Waals surface area contributed by atoms with Crippen molar-refractivity contribution >= 4 is 24.2 Å². The number of amides is 2. The summed E-state index contributed by atoms with van der Waals surface area (Å²) in [6.45, 7) is 0. The van der Waals surface area contributed by atoms with E-state index in [4.69, 9.17) is 5.84 Å². The molecule has 0 radical (unpaired) electrons. The molecule has 0 rings (SSSR count). The van der Waals surface area contributed by atoms with Gasteiger partial charge in [0.1, 0.15) is 6.42 Å². The Kier molecular flexibility index (Phi) is 6.92. The molecular weight excluding hydrogens is 170 g/mol. The predicted molar refractivity (Wildman–Crippen MR) is 42.9 cm³/mol. The number of nitrogens with zero attached hydrogens (tertiary/aromatic N) is 1. The minimum absolute atomic E-state index is 0. The van der Waals surface area contributed by atoms with Crippen LogP contribution >= 0.6 is 12.4 Å². The van der Waals surface area contributed by atoms with E-state index in [0.29, 0.717) is 0 Å². The van der Waals surface area contributed by atoms with Crippen LogP contribution in [0.3, 0.4) is 0 Å². The zero-order valence-electron chi connectivity index (χ0n) is 6.46. The zero-order chi connectivity index (χ0) is 8.15. The Morgan fingerprint density at radius 2 is 1.91 bits per heavy atom. The molecule has 0 aromatic carbocycles. The molecule has 0 heterocycles. The summed E-state index contributed by atoms with van der Waals surface area (Å²) < 4.78 is 0. The van der Waals surface area contributed by atoms with E-state index < -0.39 is 5.91 Å². The monoisotopic (exact) mass is 181 g/mol. The first-order valence-electron chi connectivity index (χ1n) is 2.77. The quantitative estimate of drug-likeness (QED) is 0.245. The van der Waals surface area contributed by atoms with E-state index in [2.05, 4.69) is 0 Å². The van der Waals surface area contributed by atoms with Gasteiger partial charge in [-0.05, 0) is 0 Å². The lowest BCUT2D eigenvalue weighted by Gasteiger charge is -2.08. The van der Waals surface area contributed by atoms with Gasteiger partial charge in [0.2, 0.25) is 11.8 Å². The molecule has 0 aliphatic rings. The smallest absolute Gasteiger partial charge is 0.243 e. The summed E-state index contributed by atoms with van der Waals surface area (Å²) in [6, 6.07) is 0. The molecule has 0 saturated heterocycles. The number of carbonyl (C=O) groups excluding carboxylic acids is 2. The predicted octanol–water partition coefficient (Wildman–Crippen LogP) is -1.12. The van der Waals surface area contributed by atoms with E-state index in [9.17, 15) is 9.59 Å². The largest absolute Gasteiger partial charge is 0.348 e. The van der Waals surface area contributed by atoms with Crippen LogP contribution in [0.2, 0.25) is 0 Å². The Bertz CT molecular complexity index is 149. The van der Waals surface area contributed by atoms with Crippen molar-refractivity contribution in [2.24, 2.45) is 5.84 Å². The van der Waals surface area contributed by atoms with E-state index in [1.165, 1.54) is 4.90 Å². The molecule has 5 nitrogen and oxygen atoms in total. The van der Waals surface area contributed by atoms with Gasteiger partial charge in [-0.15, -0.1) is 12.4 Å². The Labute approximate surface area is 71.3 Å². The molecule has 0 aromatic heterocycles. The first kappa shape index (κ1) is 12.8. The van der Waals surface area contributed by atoms with Gasteiger partial charge >= 0.3 is 0 Å². The maximum atomic E-state index is 10.7. The lowest BCUT2D eigenvalue weighted by atomic mass is 10.4. The highest BCUT2D eigenvalue weighted by Crippen LogP contribution is 1.84. The van der Waals surface area contributed by atoms with Crippen LogP contribution in [0, 0.1) is 0 Å². The second-order valence-electron chi connectivity index (χ2n) is 2.03. The first-order valence-corrected chi connectivity index (χ1v) is 2.77. The molecule has 0 aliphatic heterocycles. The molecule has 0 atom stereocenters. The summed E-state index contributed by atoms with van der Waals surface area (Å²) in [5.41, 5.74) is 1.86. The van der Waals surface area contributed by atoms with Crippen molar-refractivity contribution in [1.29, 1.82) is 0 Å². The normalized spacial score (nSPS) is 7.91. The minimum atomic E-state index is -0.473. The summed E-state index contributed by atoms with van der Waals surface area (Å²) in [5.74, 6) is 4.02. The number of halogens is 1. The third kappa shape index (κ3) is 5.63. The van der Waals surface area contributed by atoms with E-state index in [-0.39, 0.29) is 24.7 Å². The average Bonchev–Trinajstić information content (AvgIpc) is 1.87. The molecule has 6 heteroatoms. The van der Waals surface area contributed by atoms with Crippen molar-refractivity contribution < 1.29 is 9.59 Å². The molecule has 0 bridgehead atoms. The lowest BCUT2D eigenvalue weighted by molar-refractivity contribution is -0.134. The van der Waals surface area contributed by atoms with Crippen LogP contribution < -0.4 is 11.3 Å². The van der Waals surface area contributed by atoms with E-state index in [1.54, 1.807) is 14.1 Å². The number of nitrogens with one attached hydrogen (secondary N) is 1. The number of hydrogen-bond donors (Lipinski definition) is 2. The average molecular weight is 182 g/mol. The van der Waals surface area contributed by atoms with Crippen molar-refractivity contribution in [3.05, 3.63) is 0 Å². The lowest BCUT2D eigenvalue weighted by Crippen LogP contribution is -2.35. The number of carbonyl (C=O) groups is 2. The van der Waals surface area contributed by atoms with E-state index >= 15 is 0 Å². The van der Waals surface area contributed by atoms with Crippen molar-refractivity contribution in [3.63, 3.8) is 0 Å². The SMILES string of the molecule is CN(C)C(=O)CC(=O)NN.Cl. The van der Waals surface area contributed by atoms with Gasteiger partial charge < -0.3 is 4.90 Å². The molecule has 66 valence electrons. The van der Waals surface area contributed by atoms with Gasteiger partial charge in [0, 0.05) is 14.1 Å². The van der Waals surface area contributed by atoms with Crippen LogP contribution in [0.4, 0.5) is 0 Å². The molecule has 0 aliphatic carbocycles. The van der Waals surface area contributed by atoms with Gasteiger partial charge in [-0.25, -0.2) is 5.84 Å². The summed E-state index contributed by atoms with van der Waals surface area (Å²) >= 11 is 0. The molecule has 0 saturated carbocycles. The first-order chi connectivity index (χ1) is 4.57. The molecular formula is C5H12ClN3O2. The van der Waals surface area contributed by atoms with Gasteiger partial charge in [-0.2, -0.15) is 0 Å². The molecule has 2 amide bonds. The van der Waals surface area contributed by atoms with Crippen LogP contribution in [0.5, 0.6) is 0 Å². The van der Waals surface area contributed by atoms with Gasteiger partial charge in [-0.3, -0.25) is 15.0 Å². The third-order valence-electron chi connectivity index (χ3n) is 0.972.